The summed E-state index contributed by atoms with van der Waals surface area (Å²) in [5.41, 5.74) is 9.25. The van der Waals surface area contributed by atoms with Crippen LogP contribution in [0.15, 0.2) is 194 Å². The van der Waals surface area contributed by atoms with Crippen molar-refractivity contribution in [2.75, 3.05) is 0 Å². The molecule has 10 aromatic rings. The molecule has 0 radical (unpaired) electrons. The molecule has 50 heavy (non-hydrogen) atoms. The number of nitrogens with zero attached hydrogens (tertiary/aromatic N) is 2. The molecule has 0 atom stereocenters. The van der Waals surface area contributed by atoms with Crippen LogP contribution < -0.4 is 0 Å². The average molecular weight is 645 g/mol. The van der Waals surface area contributed by atoms with Crippen LogP contribution in [0.4, 0.5) is 0 Å². The van der Waals surface area contributed by atoms with E-state index in [1.54, 1.807) is 0 Å². The Morgan fingerprint density at radius 3 is 1.28 bits per heavy atom. The van der Waals surface area contributed by atoms with E-state index >= 15 is 0 Å². The van der Waals surface area contributed by atoms with E-state index in [9.17, 15) is 5.48 Å². The van der Waals surface area contributed by atoms with Gasteiger partial charge in [0.25, 0.3) is 0 Å². The van der Waals surface area contributed by atoms with Crippen molar-refractivity contribution in [2.45, 2.75) is 0 Å². The van der Waals surface area contributed by atoms with Crippen LogP contribution in [0.2, 0.25) is 0 Å². The molecule has 10 rings (SSSR count). The molecule has 0 amide bonds. The molecule has 0 aliphatic carbocycles. The normalized spacial score (nSPS) is 13.8. The maximum atomic E-state index is 9.30. The Morgan fingerprint density at radius 1 is 0.320 bits per heavy atom. The van der Waals surface area contributed by atoms with E-state index in [0.717, 1.165) is 33.4 Å². The summed E-state index contributed by atoms with van der Waals surface area (Å²) in [5, 5.41) is 1.51. The average Bonchev–Trinajstić information content (AvgIpc) is 3.81. The Labute approximate surface area is 302 Å². The molecule has 2 heterocycles. The maximum Gasteiger partial charge on any atom is 0.0645 e. The fourth-order valence-electron chi connectivity index (χ4n) is 7.29. The van der Waals surface area contributed by atoms with Gasteiger partial charge in [0.2, 0.25) is 0 Å². The standard InChI is InChI=1S/C48H32N2/c1-3-12-33(13-4-1)35-22-24-36(25-23-35)37-26-28-39(29-27-37)49-43-20-9-7-18-41(43)47-45(49)30-31-46-48(47)42-19-8-10-21-44(42)50(46)40-17-11-16-38(32-40)34-14-5-2-6-15-34/h1-32H/i7D,8D,9D,10D,18D,19D,20D,21D. The quantitative estimate of drug-likeness (QED) is 0.176. The van der Waals surface area contributed by atoms with Crippen molar-refractivity contribution in [1.82, 2.24) is 9.13 Å². The number of hydrogen-bond acceptors (Lipinski definition) is 0. The van der Waals surface area contributed by atoms with E-state index < -0.39 is 0 Å². The van der Waals surface area contributed by atoms with Crippen molar-refractivity contribution >= 4 is 43.6 Å². The lowest BCUT2D eigenvalue weighted by molar-refractivity contribution is 1.17. The van der Waals surface area contributed by atoms with E-state index in [2.05, 4.69) is 36.4 Å². The molecule has 0 N–H and O–H groups in total. The molecule has 0 unspecified atom stereocenters. The van der Waals surface area contributed by atoms with Crippen molar-refractivity contribution < 1.29 is 11.0 Å². The van der Waals surface area contributed by atoms with Crippen LogP contribution in [0, 0.1) is 0 Å². The highest BCUT2D eigenvalue weighted by atomic mass is 15.0. The molecule has 2 heteroatoms. The molecule has 0 fully saturated rings. The molecule has 0 saturated heterocycles. The SMILES string of the molecule is [2H]c1c([2H])c([2H])c2c(c1[2H])c1c3c4c([2H])c([2H])c([2H])c([2H])c4n(-c4cccc(-c5ccccc5)c4)c3ccc1n2-c1ccc(-c2ccc(-c3ccccc3)cc2)cc1. The topological polar surface area (TPSA) is 9.86 Å². The molecule has 0 aliphatic heterocycles. The summed E-state index contributed by atoms with van der Waals surface area (Å²) in [6.07, 6.45) is 0. The highest BCUT2D eigenvalue weighted by molar-refractivity contribution is 6.28. The molecule has 0 spiro atoms. The van der Waals surface area contributed by atoms with Crippen LogP contribution in [-0.2, 0) is 0 Å². The third-order valence-electron chi connectivity index (χ3n) is 9.59. The summed E-state index contributed by atoms with van der Waals surface area (Å²) < 4.78 is 75.7. The fourth-order valence-corrected chi connectivity index (χ4v) is 7.29. The third-order valence-corrected chi connectivity index (χ3v) is 9.59. The lowest BCUT2D eigenvalue weighted by Gasteiger charge is -2.11. The second-order valence-electron chi connectivity index (χ2n) is 12.4. The molecular formula is C48H32N2. The lowest BCUT2D eigenvalue weighted by atomic mass is 10.0. The number of rotatable bonds is 5. The Bertz CT molecular complexity index is 3280. The molecule has 2 aromatic heterocycles. The minimum absolute atomic E-state index is 0.205. The number of para-hydroxylation sites is 2. The van der Waals surface area contributed by atoms with Gasteiger partial charge in [-0.05, 0) is 81.9 Å². The summed E-state index contributed by atoms with van der Waals surface area (Å²) in [6.45, 7) is 0. The molecule has 2 nitrogen and oxygen atoms in total. The van der Waals surface area contributed by atoms with Gasteiger partial charge in [0, 0.05) is 32.9 Å². The van der Waals surface area contributed by atoms with Gasteiger partial charge in [0.1, 0.15) is 0 Å². The first-order chi connectivity index (χ1) is 28.1. The minimum atomic E-state index is -0.385. The monoisotopic (exact) mass is 644 g/mol. The van der Waals surface area contributed by atoms with Crippen LogP contribution in [0.3, 0.4) is 0 Å². The van der Waals surface area contributed by atoms with Crippen LogP contribution in [0.1, 0.15) is 11.0 Å². The van der Waals surface area contributed by atoms with Gasteiger partial charge in [0.05, 0.1) is 33.0 Å². The van der Waals surface area contributed by atoms with E-state index in [1.807, 2.05) is 118 Å². The second kappa shape index (κ2) is 11.5. The first-order valence-corrected chi connectivity index (χ1v) is 16.5. The lowest BCUT2D eigenvalue weighted by Crippen LogP contribution is -1.95. The predicted molar refractivity (Wildman–Crippen MR) is 211 cm³/mol. The Morgan fingerprint density at radius 2 is 0.740 bits per heavy atom. The smallest absolute Gasteiger partial charge is 0.0645 e. The third kappa shape index (κ3) is 4.50. The summed E-state index contributed by atoms with van der Waals surface area (Å²) in [6, 6.07) is 45.5. The van der Waals surface area contributed by atoms with Crippen molar-refractivity contribution in [1.29, 1.82) is 0 Å². The van der Waals surface area contributed by atoms with Gasteiger partial charge in [-0.3, -0.25) is 0 Å². The van der Waals surface area contributed by atoms with Crippen molar-refractivity contribution in [3.63, 3.8) is 0 Å². The minimum Gasteiger partial charge on any atom is -0.309 e. The number of fused-ring (bicyclic) bond motifs is 7. The first-order valence-electron chi connectivity index (χ1n) is 20.5. The van der Waals surface area contributed by atoms with Gasteiger partial charge in [0.15, 0.2) is 0 Å². The molecule has 0 aliphatic rings. The van der Waals surface area contributed by atoms with Crippen molar-refractivity contribution in [2.24, 2.45) is 0 Å². The zero-order chi connectivity index (χ0) is 40.0. The first kappa shape index (κ1) is 21.4. The zero-order valence-corrected chi connectivity index (χ0v) is 26.8. The molecular weight excluding hydrogens is 605 g/mol. The van der Waals surface area contributed by atoms with Gasteiger partial charge in [-0.25, -0.2) is 0 Å². The summed E-state index contributed by atoms with van der Waals surface area (Å²) in [5.74, 6) is 0. The zero-order valence-electron chi connectivity index (χ0n) is 34.8. The van der Waals surface area contributed by atoms with E-state index in [-0.39, 0.29) is 70.1 Å². The summed E-state index contributed by atoms with van der Waals surface area (Å²) in [4.78, 5) is 0. The molecule has 0 saturated carbocycles. The summed E-state index contributed by atoms with van der Waals surface area (Å²) >= 11 is 0. The molecule has 234 valence electrons. The number of aromatic nitrogens is 2. The van der Waals surface area contributed by atoms with Gasteiger partial charge >= 0.3 is 0 Å². The van der Waals surface area contributed by atoms with Crippen molar-refractivity contribution in [3.8, 4) is 44.8 Å². The van der Waals surface area contributed by atoms with Gasteiger partial charge < -0.3 is 9.13 Å². The Kier molecular flexibility index (Phi) is 4.91. The summed E-state index contributed by atoms with van der Waals surface area (Å²) in [7, 11) is 0. The molecule has 8 aromatic carbocycles. The van der Waals surface area contributed by atoms with E-state index in [0.29, 0.717) is 33.2 Å². The Balaban J connectivity index is 1.26. The fraction of sp³-hybridized carbons (Fsp3) is 0. The second-order valence-corrected chi connectivity index (χ2v) is 12.4. The van der Waals surface area contributed by atoms with Crippen molar-refractivity contribution in [3.05, 3.63) is 194 Å². The Hall–Kier alpha value is -6.64. The molecule has 0 bridgehead atoms. The van der Waals surface area contributed by atoms with Crippen LogP contribution in [-0.4, -0.2) is 9.13 Å². The van der Waals surface area contributed by atoms with Crippen LogP contribution in [0.25, 0.3) is 88.4 Å². The number of benzene rings is 8. The maximum absolute atomic E-state index is 9.30. The van der Waals surface area contributed by atoms with E-state index in [1.165, 1.54) is 0 Å². The largest absolute Gasteiger partial charge is 0.309 e. The van der Waals surface area contributed by atoms with Crippen LogP contribution in [0.5, 0.6) is 0 Å². The highest BCUT2D eigenvalue weighted by Crippen LogP contribution is 2.42. The predicted octanol–water partition coefficient (Wildman–Crippen LogP) is 12.9. The van der Waals surface area contributed by atoms with Gasteiger partial charge in [-0.2, -0.15) is 0 Å². The van der Waals surface area contributed by atoms with E-state index in [4.69, 9.17) is 5.48 Å². The van der Waals surface area contributed by atoms with Gasteiger partial charge in [-0.1, -0.05) is 145 Å². The van der Waals surface area contributed by atoms with Gasteiger partial charge in [-0.15, -0.1) is 0 Å². The van der Waals surface area contributed by atoms with Crippen LogP contribution >= 0.6 is 0 Å². The number of hydrogen-bond donors (Lipinski definition) is 0. The highest BCUT2D eigenvalue weighted by Gasteiger charge is 2.20.